The van der Waals surface area contributed by atoms with Gasteiger partial charge in [0.1, 0.15) is 23.6 Å². The Kier molecular flexibility index (Phi) is 9.69. The molecule has 11 nitrogen and oxygen atoms in total. The fourth-order valence-electron chi connectivity index (χ4n) is 5.96. The molecule has 0 spiro atoms. The second-order valence-corrected chi connectivity index (χ2v) is 12.3. The van der Waals surface area contributed by atoms with Gasteiger partial charge < -0.3 is 19.7 Å². The quantitative estimate of drug-likeness (QED) is 0.133. The van der Waals surface area contributed by atoms with Crippen LogP contribution < -0.4 is 19.7 Å². The maximum Gasteiger partial charge on any atom is 0.416 e. The number of alkyl halides is 3. The van der Waals surface area contributed by atoms with Crippen LogP contribution in [-0.2, 0) is 19.3 Å². The van der Waals surface area contributed by atoms with Crippen molar-refractivity contribution in [3.8, 4) is 28.4 Å². The molecule has 274 valence electrons. The van der Waals surface area contributed by atoms with Crippen molar-refractivity contribution in [1.82, 2.24) is 29.4 Å². The van der Waals surface area contributed by atoms with Crippen LogP contribution in [0.3, 0.4) is 0 Å². The van der Waals surface area contributed by atoms with E-state index < -0.39 is 23.5 Å². The van der Waals surface area contributed by atoms with E-state index in [0.29, 0.717) is 53.1 Å². The van der Waals surface area contributed by atoms with Crippen molar-refractivity contribution in [3.63, 3.8) is 0 Å². The zero-order chi connectivity index (χ0) is 38.0. The van der Waals surface area contributed by atoms with Crippen LogP contribution >= 0.6 is 0 Å². The second kappa shape index (κ2) is 14.7. The van der Waals surface area contributed by atoms with Gasteiger partial charge in [0.15, 0.2) is 11.5 Å². The van der Waals surface area contributed by atoms with Gasteiger partial charge in [0.05, 0.1) is 49.2 Å². The van der Waals surface area contributed by atoms with E-state index in [1.165, 1.54) is 29.2 Å². The first kappa shape index (κ1) is 35.6. The molecule has 0 aliphatic rings. The average molecular weight is 737 g/mol. The van der Waals surface area contributed by atoms with E-state index in [1.807, 2.05) is 48.5 Å². The molecule has 3 aromatic heterocycles. The van der Waals surface area contributed by atoms with Crippen LogP contribution in [0.4, 0.5) is 29.1 Å². The van der Waals surface area contributed by atoms with E-state index in [9.17, 15) is 18.0 Å². The van der Waals surface area contributed by atoms with Crippen LogP contribution in [0.2, 0.25) is 0 Å². The van der Waals surface area contributed by atoms with Crippen molar-refractivity contribution in [1.29, 1.82) is 0 Å². The topological polar surface area (TPSA) is 112 Å². The van der Waals surface area contributed by atoms with E-state index in [1.54, 1.807) is 44.2 Å². The lowest BCUT2D eigenvalue weighted by Crippen LogP contribution is -2.24. The van der Waals surface area contributed by atoms with Crippen LogP contribution in [-0.4, -0.2) is 49.5 Å². The molecule has 7 aromatic rings. The van der Waals surface area contributed by atoms with Crippen molar-refractivity contribution < 1.29 is 31.8 Å². The molecule has 0 saturated carbocycles. The Bertz CT molecular complexity index is 2400. The molecular formula is C39H32F4N8O3. The number of anilines is 2. The molecule has 0 bridgehead atoms. The summed E-state index contributed by atoms with van der Waals surface area (Å²) in [5.41, 5.74) is 3.21. The number of hydrogen-bond donors (Lipinski definition) is 1. The van der Waals surface area contributed by atoms with Gasteiger partial charge in [0.2, 0.25) is 0 Å². The molecule has 1 amide bonds. The third-order valence-electron chi connectivity index (χ3n) is 8.76. The number of aromatic nitrogens is 6. The predicted octanol–water partition coefficient (Wildman–Crippen LogP) is 7.92. The number of methoxy groups -OCH3 is 2. The van der Waals surface area contributed by atoms with E-state index in [0.717, 1.165) is 34.8 Å². The monoisotopic (exact) mass is 736 g/mol. The minimum Gasteiger partial charge on any atom is -0.497 e. The van der Waals surface area contributed by atoms with E-state index in [2.05, 4.69) is 25.4 Å². The van der Waals surface area contributed by atoms with Gasteiger partial charge in [-0.05, 0) is 78.2 Å². The van der Waals surface area contributed by atoms with E-state index >= 15 is 4.39 Å². The van der Waals surface area contributed by atoms with Gasteiger partial charge in [-0.2, -0.15) is 23.4 Å². The Labute approximate surface area is 306 Å². The molecule has 0 atom stereocenters. The maximum absolute atomic E-state index is 15.1. The number of benzene rings is 4. The van der Waals surface area contributed by atoms with Gasteiger partial charge >= 0.3 is 6.18 Å². The molecule has 0 aliphatic heterocycles. The zero-order valence-electron chi connectivity index (χ0n) is 29.2. The van der Waals surface area contributed by atoms with E-state index in [4.69, 9.17) is 14.5 Å². The summed E-state index contributed by atoms with van der Waals surface area (Å²) in [7, 11) is 3.24. The van der Waals surface area contributed by atoms with Crippen molar-refractivity contribution in [2.24, 2.45) is 0 Å². The van der Waals surface area contributed by atoms with Gasteiger partial charge in [0.25, 0.3) is 5.91 Å². The lowest BCUT2D eigenvalue weighted by Gasteiger charge is -2.24. The number of fused-ring (bicyclic) bond motifs is 1. The standard InChI is InChI=1S/C39H32F4N8O3/c1-24-15-32(40)33(48-38(52)27-5-4-6-29(16-27)39(41,42)43)17-34(24)50-22-28(18-46-50)35-19-44-37-36(45-23-47-51(35)37)49(20-25-7-11-30(53-2)12-8-25)21-26-9-13-31(54-3)14-10-26/h4-19,22-23H,20-21H2,1-3H3,(H,48,52). The number of ether oxygens (including phenoxy) is 2. The Balaban J connectivity index is 1.19. The molecule has 0 aliphatic carbocycles. The highest BCUT2D eigenvalue weighted by atomic mass is 19.4. The molecule has 3 heterocycles. The van der Waals surface area contributed by atoms with Crippen LogP contribution in [0.25, 0.3) is 22.6 Å². The van der Waals surface area contributed by atoms with Gasteiger partial charge in [-0.1, -0.05) is 30.3 Å². The third-order valence-corrected chi connectivity index (χ3v) is 8.76. The van der Waals surface area contributed by atoms with Crippen molar-refractivity contribution >= 4 is 23.1 Å². The van der Waals surface area contributed by atoms with Gasteiger partial charge in [-0.3, -0.25) is 4.79 Å². The lowest BCUT2D eigenvalue weighted by atomic mass is 10.1. The maximum atomic E-state index is 15.1. The number of carbonyl (C=O) groups is 1. The number of nitrogens with one attached hydrogen (secondary N) is 1. The average Bonchev–Trinajstić information content (AvgIpc) is 3.84. The van der Waals surface area contributed by atoms with Crippen molar-refractivity contribution in [2.75, 3.05) is 24.4 Å². The fourth-order valence-corrected chi connectivity index (χ4v) is 5.96. The Morgan fingerprint density at radius 3 is 2.15 bits per heavy atom. The third kappa shape index (κ3) is 7.42. The highest BCUT2D eigenvalue weighted by Gasteiger charge is 2.31. The number of halogens is 4. The largest absolute Gasteiger partial charge is 0.497 e. The fraction of sp³-hybridized carbons (Fsp3) is 0.154. The molecular weight excluding hydrogens is 704 g/mol. The highest BCUT2D eigenvalue weighted by molar-refractivity contribution is 6.04. The molecule has 4 aromatic carbocycles. The first-order valence-electron chi connectivity index (χ1n) is 16.5. The number of rotatable bonds is 11. The summed E-state index contributed by atoms with van der Waals surface area (Å²) in [5.74, 6) is 0.422. The number of nitrogens with zero attached hydrogens (tertiary/aromatic N) is 7. The molecule has 15 heteroatoms. The highest BCUT2D eigenvalue weighted by Crippen LogP contribution is 2.31. The second-order valence-electron chi connectivity index (χ2n) is 12.3. The zero-order valence-corrected chi connectivity index (χ0v) is 29.2. The van der Waals surface area contributed by atoms with Crippen LogP contribution in [0, 0.1) is 12.7 Å². The smallest absolute Gasteiger partial charge is 0.416 e. The Morgan fingerprint density at radius 1 is 0.852 bits per heavy atom. The molecule has 0 fully saturated rings. The molecule has 54 heavy (non-hydrogen) atoms. The minimum absolute atomic E-state index is 0.226. The van der Waals surface area contributed by atoms with Gasteiger partial charge in [-0.15, -0.1) is 0 Å². The van der Waals surface area contributed by atoms with Crippen molar-refractivity contribution in [2.45, 2.75) is 26.2 Å². The van der Waals surface area contributed by atoms with Gasteiger partial charge in [0, 0.05) is 30.4 Å². The molecule has 0 radical (unpaired) electrons. The van der Waals surface area contributed by atoms with E-state index in [-0.39, 0.29) is 11.3 Å². The first-order valence-corrected chi connectivity index (χ1v) is 16.5. The summed E-state index contributed by atoms with van der Waals surface area (Å²) in [6, 6.07) is 22.1. The minimum atomic E-state index is -4.64. The lowest BCUT2D eigenvalue weighted by molar-refractivity contribution is -0.137. The summed E-state index contributed by atoms with van der Waals surface area (Å²) in [4.78, 5) is 24.4. The van der Waals surface area contributed by atoms with Crippen LogP contribution in [0.1, 0.15) is 32.6 Å². The number of amides is 1. The summed E-state index contributed by atoms with van der Waals surface area (Å²) in [5, 5.41) is 11.4. The number of imidazole rings is 1. The number of carbonyl (C=O) groups excluding carboxylic acids is 1. The summed E-state index contributed by atoms with van der Waals surface area (Å²) >= 11 is 0. The molecule has 0 unspecified atom stereocenters. The molecule has 0 saturated heterocycles. The summed E-state index contributed by atoms with van der Waals surface area (Å²) in [6.07, 6.45) is 1.78. The first-order chi connectivity index (χ1) is 26.0. The van der Waals surface area contributed by atoms with Gasteiger partial charge in [-0.25, -0.2) is 23.6 Å². The number of hydrogen-bond acceptors (Lipinski definition) is 8. The predicted molar refractivity (Wildman–Crippen MR) is 193 cm³/mol. The van der Waals surface area contributed by atoms with Crippen LogP contribution in [0.5, 0.6) is 11.5 Å². The molecule has 7 rings (SSSR count). The Morgan fingerprint density at radius 2 is 1.52 bits per heavy atom. The summed E-state index contributed by atoms with van der Waals surface area (Å²) < 4.78 is 68.6. The normalized spacial score (nSPS) is 11.5. The SMILES string of the molecule is COc1ccc(CN(Cc2ccc(OC)cc2)c2ncnn3c(-c4cnn(-c5cc(NC(=O)c6cccc(C(F)(F)F)c6)c(F)cc5C)c4)cnc23)cc1. The number of aryl methyl sites for hydroxylation is 1. The molecule has 1 N–H and O–H groups in total. The van der Waals surface area contributed by atoms with Crippen molar-refractivity contribution in [3.05, 3.63) is 143 Å². The Hall–Kier alpha value is -6.77. The van der Waals surface area contributed by atoms with Crippen LogP contribution in [0.15, 0.2) is 110 Å². The summed E-state index contributed by atoms with van der Waals surface area (Å²) in [6.45, 7) is 2.67.